The van der Waals surface area contributed by atoms with Crippen LogP contribution in [0.2, 0.25) is 5.02 Å². The molecule has 0 saturated carbocycles. The highest BCUT2D eigenvalue weighted by Gasteiger charge is 2.10. The van der Waals surface area contributed by atoms with E-state index in [-0.39, 0.29) is 17.5 Å². The first kappa shape index (κ1) is 15.8. The lowest BCUT2D eigenvalue weighted by Gasteiger charge is -2.08. The Morgan fingerprint density at radius 3 is 2.77 bits per heavy atom. The average molecular weight is 324 g/mol. The number of aromatic nitrogens is 2. The normalized spacial score (nSPS) is 10.2. The van der Waals surface area contributed by atoms with Crippen molar-refractivity contribution in [1.82, 2.24) is 9.97 Å². The van der Waals surface area contributed by atoms with Gasteiger partial charge in [0, 0.05) is 11.6 Å². The van der Waals surface area contributed by atoms with E-state index in [0.717, 1.165) is 0 Å². The molecule has 22 heavy (non-hydrogen) atoms. The largest absolute Gasteiger partial charge is 0.494 e. The molecule has 0 atom stereocenters. The van der Waals surface area contributed by atoms with Gasteiger partial charge in [0.05, 0.1) is 6.61 Å². The van der Waals surface area contributed by atoms with Crippen LogP contribution in [0.15, 0.2) is 34.2 Å². The Kier molecular flexibility index (Phi) is 5.31. The number of nitroso groups, excluding NO2 is 1. The summed E-state index contributed by atoms with van der Waals surface area (Å²) in [5, 5.41) is 6.12. The molecule has 0 amide bonds. The van der Waals surface area contributed by atoms with E-state index in [9.17, 15) is 9.70 Å². The lowest BCUT2D eigenvalue weighted by Crippen LogP contribution is -2.15. The number of nitrogen functional groups attached to an aromatic ring is 1. The summed E-state index contributed by atoms with van der Waals surface area (Å²) in [7, 11) is 0. The molecule has 2 rings (SSSR count). The third-order valence-electron chi connectivity index (χ3n) is 2.70. The van der Waals surface area contributed by atoms with Gasteiger partial charge in [-0.15, -0.1) is 4.91 Å². The van der Waals surface area contributed by atoms with Crippen LogP contribution in [0, 0.1) is 4.91 Å². The summed E-state index contributed by atoms with van der Waals surface area (Å²) in [6.45, 7) is 0.878. The van der Waals surface area contributed by atoms with Crippen molar-refractivity contribution in [3.8, 4) is 5.75 Å². The zero-order chi connectivity index (χ0) is 15.9. The Balaban J connectivity index is 1.83. The molecule has 0 fully saturated rings. The minimum absolute atomic E-state index is 0.0581. The SMILES string of the molecule is Nc1nc(NCCCOc2ccc(Cl)cc2)c(N=O)c(=O)[nH]1. The van der Waals surface area contributed by atoms with E-state index in [1.54, 1.807) is 24.3 Å². The van der Waals surface area contributed by atoms with Gasteiger partial charge in [-0.1, -0.05) is 11.6 Å². The molecule has 1 aromatic carbocycles. The predicted molar refractivity (Wildman–Crippen MR) is 84.8 cm³/mol. The molecule has 2 aromatic rings. The van der Waals surface area contributed by atoms with Crippen LogP contribution in [-0.4, -0.2) is 23.1 Å². The van der Waals surface area contributed by atoms with Gasteiger partial charge in [0.15, 0.2) is 5.82 Å². The predicted octanol–water partition coefficient (Wildman–Crippen LogP) is 2.28. The fourth-order valence-electron chi connectivity index (χ4n) is 1.69. The van der Waals surface area contributed by atoms with E-state index in [4.69, 9.17) is 22.1 Å². The number of nitrogens with two attached hydrogens (primary N) is 1. The third kappa shape index (κ3) is 4.19. The van der Waals surface area contributed by atoms with Crippen LogP contribution in [0.5, 0.6) is 5.75 Å². The van der Waals surface area contributed by atoms with Gasteiger partial charge >= 0.3 is 0 Å². The van der Waals surface area contributed by atoms with Crippen molar-refractivity contribution < 1.29 is 4.74 Å². The summed E-state index contributed by atoms with van der Waals surface area (Å²) >= 11 is 5.77. The summed E-state index contributed by atoms with van der Waals surface area (Å²) in [5.41, 5.74) is 4.41. The Morgan fingerprint density at radius 1 is 1.36 bits per heavy atom. The van der Waals surface area contributed by atoms with Crippen LogP contribution in [0.3, 0.4) is 0 Å². The molecule has 0 saturated heterocycles. The molecular formula is C13H14ClN5O3. The first-order valence-electron chi connectivity index (χ1n) is 6.45. The van der Waals surface area contributed by atoms with Crippen molar-refractivity contribution in [1.29, 1.82) is 0 Å². The molecule has 116 valence electrons. The van der Waals surface area contributed by atoms with Gasteiger partial charge in [-0.2, -0.15) is 4.98 Å². The van der Waals surface area contributed by atoms with Gasteiger partial charge < -0.3 is 15.8 Å². The lowest BCUT2D eigenvalue weighted by molar-refractivity contribution is 0.315. The number of nitrogens with zero attached hydrogens (tertiary/aromatic N) is 2. The van der Waals surface area contributed by atoms with E-state index in [0.29, 0.717) is 30.3 Å². The molecule has 0 unspecified atom stereocenters. The highest BCUT2D eigenvalue weighted by Crippen LogP contribution is 2.17. The van der Waals surface area contributed by atoms with E-state index in [1.807, 2.05) is 0 Å². The summed E-state index contributed by atoms with van der Waals surface area (Å²) in [5.74, 6) is 0.679. The molecule has 9 heteroatoms. The zero-order valence-corrected chi connectivity index (χ0v) is 12.3. The number of ether oxygens (including phenoxy) is 1. The third-order valence-corrected chi connectivity index (χ3v) is 2.95. The molecule has 1 aromatic heterocycles. The topological polar surface area (TPSA) is 122 Å². The number of nitrogens with one attached hydrogen (secondary N) is 2. The maximum Gasteiger partial charge on any atom is 0.284 e. The van der Waals surface area contributed by atoms with Gasteiger partial charge in [0.1, 0.15) is 5.75 Å². The molecule has 0 radical (unpaired) electrons. The minimum atomic E-state index is -0.678. The molecule has 0 bridgehead atoms. The number of hydrogen-bond acceptors (Lipinski definition) is 7. The highest BCUT2D eigenvalue weighted by atomic mass is 35.5. The van der Waals surface area contributed by atoms with Crippen LogP contribution in [0.4, 0.5) is 17.5 Å². The molecule has 0 aliphatic heterocycles. The highest BCUT2D eigenvalue weighted by molar-refractivity contribution is 6.30. The number of rotatable bonds is 7. The summed E-state index contributed by atoms with van der Waals surface area (Å²) in [6.07, 6.45) is 0.620. The van der Waals surface area contributed by atoms with Gasteiger partial charge in [-0.25, -0.2) is 0 Å². The summed E-state index contributed by atoms with van der Waals surface area (Å²) in [6, 6.07) is 7.01. The van der Waals surface area contributed by atoms with E-state index >= 15 is 0 Å². The van der Waals surface area contributed by atoms with Crippen molar-refractivity contribution in [2.75, 3.05) is 24.2 Å². The Bertz CT molecular complexity index is 702. The zero-order valence-electron chi connectivity index (χ0n) is 11.5. The molecular weight excluding hydrogens is 310 g/mol. The quantitative estimate of drug-likeness (QED) is 0.530. The van der Waals surface area contributed by atoms with Gasteiger partial charge in [-0.05, 0) is 35.9 Å². The first-order valence-corrected chi connectivity index (χ1v) is 6.83. The monoisotopic (exact) mass is 323 g/mol. The molecule has 0 aliphatic carbocycles. The number of anilines is 2. The lowest BCUT2D eigenvalue weighted by atomic mass is 10.3. The molecule has 0 aliphatic rings. The Labute approximate surface area is 130 Å². The summed E-state index contributed by atoms with van der Waals surface area (Å²) < 4.78 is 5.51. The second kappa shape index (κ2) is 7.41. The van der Waals surface area contributed by atoms with E-state index in [1.165, 1.54) is 0 Å². The number of halogens is 1. The maximum atomic E-state index is 11.4. The number of hydrogen-bond donors (Lipinski definition) is 3. The van der Waals surface area contributed by atoms with Crippen molar-refractivity contribution in [2.45, 2.75) is 6.42 Å². The van der Waals surface area contributed by atoms with E-state index < -0.39 is 5.56 Å². The number of benzene rings is 1. The molecule has 0 spiro atoms. The van der Waals surface area contributed by atoms with Crippen LogP contribution >= 0.6 is 11.6 Å². The van der Waals surface area contributed by atoms with Gasteiger partial charge in [0.25, 0.3) is 5.56 Å². The van der Waals surface area contributed by atoms with Crippen molar-refractivity contribution in [3.63, 3.8) is 0 Å². The van der Waals surface area contributed by atoms with Crippen LogP contribution < -0.4 is 21.3 Å². The molecule has 1 heterocycles. The van der Waals surface area contributed by atoms with Crippen molar-refractivity contribution >= 4 is 29.1 Å². The minimum Gasteiger partial charge on any atom is -0.494 e. The standard InChI is InChI=1S/C13H14ClN5O3/c14-8-2-4-9(5-3-8)22-7-1-6-16-11-10(19-21)12(20)18-13(15)17-11/h2-5H,1,6-7H2,(H4,15,16,17,18,20). The first-order chi connectivity index (χ1) is 10.6. The second-order valence-electron chi connectivity index (χ2n) is 4.32. The summed E-state index contributed by atoms with van der Waals surface area (Å²) in [4.78, 5) is 28.1. The number of aromatic amines is 1. The second-order valence-corrected chi connectivity index (χ2v) is 4.76. The van der Waals surface area contributed by atoms with Crippen molar-refractivity contribution in [3.05, 3.63) is 44.5 Å². The maximum absolute atomic E-state index is 11.4. The van der Waals surface area contributed by atoms with Crippen molar-refractivity contribution in [2.24, 2.45) is 5.18 Å². The van der Waals surface area contributed by atoms with E-state index in [2.05, 4.69) is 20.5 Å². The average Bonchev–Trinajstić information content (AvgIpc) is 2.48. The van der Waals surface area contributed by atoms with Gasteiger partial charge in [0.2, 0.25) is 11.6 Å². The number of H-pyrrole nitrogens is 1. The van der Waals surface area contributed by atoms with Crippen LogP contribution in [-0.2, 0) is 0 Å². The van der Waals surface area contributed by atoms with Crippen LogP contribution in [0.1, 0.15) is 6.42 Å². The smallest absolute Gasteiger partial charge is 0.284 e. The fraction of sp³-hybridized carbons (Fsp3) is 0.231. The fourth-order valence-corrected chi connectivity index (χ4v) is 1.82. The van der Waals surface area contributed by atoms with Gasteiger partial charge in [-0.3, -0.25) is 9.78 Å². The van der Waals surface area contributed by atoms with Crippen LogP contribution in [0.25, 0.3) is 0 Å². The molecule has 8 nitrogen and oxygen atoms in total. The Morgan fingerprint density at radius 2 is 2.09 bits per heavy atom. The Hall–Kier alpha value is -2.61. The molecule has 4 N–H and O–H groups in total.